The van der Waals surface area contributed by atoms with Gasteiger partial charge in [0.15, 0.2) is 11.5 Å². The zero-order valence-corrected chi connectivity index (χ0v) is 8.73. The smallest absolute Gasteiger partial charge is 0.314 e. The van der Waals surface area contributed by atoms with Crippen LogP contribution in [-0.4, -0.2) is 17.9 Å². The molecule has 1 aromatic carbocycles. The van der Waals surface area contributed by atoms with Gasteiger partial charge in [0.05, 0.1) is 5.41 Å². The van der Waals surface area contributed by atoms with Gasteiger partial charge in [-0.3, -0.25) is 4.79 Å². The molecule has 1 aromatic rings. The highest BCUT2D eigenvalue weighted by Gasteiger charge is 2.46. The first-order chi connectivity index (χ1) is 7.72. The SMILES string of the molecule is O=C(O)C1(c2ccc3c(c2)OCO3)CCC1. The van der Waals surface area contributed by atoms with Gasteiger partial charge >= 0.3 is 5.97 Å². The van der Waals surface area contributed by atoms with Crippen LogP contribution >= 0.6 is 0 Å². The minimum atomic E-state index is -0.738. The Kier molecular flexibility index (Phi) is 1.87. The Bertz CT molecular complexity index is 448. The molecule has 0 amide bonds. The van der Waals surface area contributed by atoms with Crippen LogP contribution in [0.5, 0.6) is 11.5 Å². The summed E-state index contributed by atoms with van der Waals surface area (Å²) in [5, 5.41) is 9.31. The molecule has 0 bridgehead atoms. The molecule has 0 atom stereocenters. The molecule has 4 heteroatoms. The molecule has 0 saturated heterocycles. The summed E-state index contributed by atoms with van der Waals surface area (Å²) in [6.45, 7) is 0.221. The third-order valence-electron chi connectivity index (χ3n) is 3.54. The second-order valence-corrected chi connectivity index (χ2v) is 4.31. The van der Waals surface area contributed by atoms with Crippen LogP contribution in [-0.2, 0) is 10.2 Å². The van der Waals surface area contributed by atoms with E-state index in [4.69, 9.17) is 9.47 Å². The van der Waals surface area contributed by atoms with E-state index >= 15 is 0 Å². The topological polar surface area (TPSA) is 55.8 Å². The number of aliphatic carboxylic acids is 1. The Morgan fingerprint density at radius 1 is 1.25 bits per heavy atom. The molecule has 1 saturated carbocycles. The van der Waals surface area contributed by atoms with E-state index in [0.717, 1.165) is 12.0 Å². The summed E-state index contributed by atoms with van der Waals surface area (Å²) in [6.07, 6.45) is 2.39. The first-order valence-corrected chi connectivity index (χ1v) is 5.36. The molecular weight excluding hydrogens is 208 g/mol. The summed E-state index contributed by atoms with van der Waals surface area (Å²) in [4.78, 5) is 11.3. The van der Waals surface area contributed by atoms with Crippen molar-refractivity contribution in [3.63, 3.8) is 0 Å². The summed E-state index contributed by atoms with van der Waals surface area (Å²) in [7, 11) is 0. The molecule has 16 heavy (non-hydrogen) atoms. The van der Waals surface area contributed by atoms with Gasteiger partial charge in [-0.1, -0.05) is 12.5 Å². The van der Waals surface area contributed by atoms with Crippen molar-refractivity contribution >= 4 is 5.97 Å². The number of ether oxygens (including phenoxy) is 2. The maximum atomic E-state index is 11.3. The molecule has 3 rings (SSSR count). The number of fused-ring (bicyclic) bond motifs is 1. The average molecular weight is 220 g/mol. The first-order valence-electron chi connectivity index (χ1n) is 5.36. The van der Waals surface area contributed by atoms with E-state index in [1.54, 1.807) is 12.1 Å². The zero-order valence-electron chi connectivity index (χ0n) is 8.73. The van der Waals surface area contributed by atoms with Crippen LogP contribution in [0, 0.1) is 0 Å². The van der Waals surface area contributed by atoms with Crippen LogP contribution in [0.2, 0.25) is 0 Å². The molecule has 1 N–H and O–H groups in total. The largest absolute Gasteiger partial charge is 0.481 e. The number of hydrogen-bond donors (Lipinski definition) is 1. The fraction of sp³-hybridized carbons (Fsp3) is 0.417. The van der Waals surface area contributed by atoms with Gasteiger partial charge in [-0.25, -0.2) is 0 Å². The number of carboxylic acids is 1. The molecule has 84 valence electrons. The van der Waals surface area contributed by atoms with Crippen LogP contribution in [0.4, 0.5) is 0 Å². The van der Waals surface area contributed by atoms with E-state index in [2.05, 4.69) is 0 Å². The molecule has 2 aliphatic rings. The highest BCUT2D eigenvalue weighted by atomic mass is 16.7. The predicted molar refractivity (Wildman–Crippen MR) is 55.7 cm³/mol. The third-order valence-corrected chi connectivity index (χ3v) is 3.54. The van der Waals surface area contributed by atoms with Crippen molar-refractivity contribution in [1.82, 2.24) is 0 Å². The molecule has 1 heterocycles. The molecule has 1 aliphatic heterocycles. The molecular formula is C12H12O4. The fourth-order valence-corrected chi connectivity index (χ4v) is 2.35. The standard InChI is InChI=1S/C12H12O4/c13-11(14)12(4-1-5-12)8-2-3-9-10(6-8)16-7-15-9/h2-3,6H,1,4-5,7H2,(H,13,14). The Morgan fingerprint density at radius 3 is 2.62 bits per heavy atom. The van der Waals surface area contributed by atoms with Crippen molar-refractivity contribution in [2.45, 2.75) is 24.7 Å². The second-order valence-electron chi connectivity index (χ2n) is 4.31. The Balaban J connectivity index is 2.03. The van der Waals surface area contributed by atoms with E-state index in [0.29, 0.717) is 24.3 Å². The van der Waals surface area contributed by atoms with Gasteiger partial charge < -0.3 is 14.6 Å². The molecule has 1 aliphatic carbocycles. The van der Waals surface area contributed by atoms with Crippen molar-refractivity contribution in [1.29, 1.82) is 0 Å². The lowest BCUT2D eigenvalue weighted by Gasteiger charge is -2.38. The highest BCUT2D eigenvalue weighted by molar-refractivity contribution is 5.83. The highest BCUT2D eigenvalue weighted by Crippen LogP contribution is 2.46. The number of benzene rings is 1. The lowest BCUT2D eigenvalue weighted by Crippen LogP contribution is -2.42. The van der Waals surface area contributed by atoms with Gasteiger partial charge in [0.25, 0.3) is 0 Å². The Labute approximate surface area is 92.8 Å². The quantitative estimate of drug-likeness (QED) is 0.827. The van der Waals surface area contributed by atoms with Gasteiger partial charge in [-0.05, 0) is 30.5 Å². The molecule has 0 unspecified atom stereocenters. The van der Waals surface area contributed by atoms with Crippen LogP contribution in [0.3, 0.4) is 0 Å². The maximum absolute atomic E-state index is 11.3. The summed E-state index contributed by atoms with van der Waals surface area (Å²) in [5.41, 5.74) is 0.136. The molecule has 1 fully saturated rings. The number of carbonyl (C=O) groups is 1. The average Bonchev–Trinajstić information content (AvgIpc) is 2.62. The maximum Gasteiger partial charge on any atom is 0.314 e. The van der Waals surface area contributed by atoms with Crippen molar-refractivity contribution in [3.8, 4) is 11.5 Å². The Morgan fingerprint density at radius 2 is 2.00 bits per heavy atom. The fourth-order valence-electron chi connectivity index (χ4n) is 2.35. The van der Waals surface area contributed by atoms with Gasteiger partial charge in [0.1, 0.15) is 0 Å². The van der Waals surface area contributed by atoms with Crippen molar-refractivity contribution < 1.29 is 19.4 Å². The Hall–Kier alpha value is -1.71. The predicted octanol–water partition coefficient (Wildman–Crippen LogP) is 1.92. The second kappa shape index (κ2) is 3.14. The number of rotatable bonds is 2. The molecule has 0 radical (unpaired) electrons. The van der Waals surface area contributed by atoms with E-state index in [1.165, 1.54) is 0 Å². The normalized spacial score (nSPS) is 20.2. The molecule has 4 nitrogen and oxygen atoms in total. The summed E-state index contributed by atoms with van der Waals surface area (Å²) >= 11 is 0. The number of carboxylic acid groups (broad SMARTS) is 1. The van der Waals surface area contributed by atoms with E-state index < -0.39 is 11.4 Å². The minimum absolute atomic E-state index is 0.221. The first kappa shape index (κ1) is 9.51. The summed E-state index contributed by atoms with van der Waals surface area (Å²) in [5.74, 6) is 0.617. The minimum Gasteiger partial charge on any atom is -0.481 e. The monoisotopic (exact) mass is 220 g/mol. The van der Waals surface area contributed by atoms with Crippen molar-refractivity contribution in [3.05, 3.63) is 23.8 Å². The lowest BCUT2D eigenvalue weighted by molar-refractivity contribution is -0.147. The van der Waals surface area contributed by atoms with E-state index in [9.17, 15) is 9.90 Å². The van der Waals surface area contributed by atoms with E-state index in [-0.39, 0.29) is 6.79 Å². The lowest BCUT2D eigenvalue weighted by atomic mass is 9.64. The van der Waals surface area contributed by atoms with E-state index in [1.807, 2.05) is 6.07 Å². The van der Waals surface area contributed by atoms with Gasteiger partial charge in [-0.15, -0.1) is 0 Å². The number of hydrogen-bond acceptors (Lipinski definition) is 3. The van der Waals surface area contributed by atoms with Crippen molar-refractivity contribution in [2.24, 2.45) is 0 Å². The van der Waals surface area contributed by atoms with Gasteiger partial charge in [-0.2, -0.15) is 0 Å². The third kappa shape index (κ3) is 1.13. The van der Waals surface area contributed by atoms with Crippen LogP contribution in [0.25, 0.3) is 0 Å². The van der Waals surface area contributed by atoms with Gasteiger partial charge in [0, 0.05) is 0 Å². The zero-order chi connectivity index (χ0) is 11.2. The summed E-state index contributed by atoms with van der Waals surface area (Å²) in [6, 6.07) is 5.43. The summed E-state index contributed by atoms with van der Waals surface area (Å²) < 4.78 is 10.5. The van der Waals surface area contributed by atoms with Crippen molar-refractivity contribution in [2.75, 3.05) is 6.79 Å². The molecule has 0 spiro atoms. The van der Waals surface area contributed by atoms with Crippen LogP contribution < -0.4 is 9.47 Å². The molecule has 0 aromatic heterocycles. The van der Waals surface area contributed by atoms with Crippen LogP contribution in [0.15, 0.2) is 18.2 Å². The van der Waals surface area contributed by atoms with Gasteiger partial charge in [0.2, 0.25) is 6.79 Å². The van der Waals surface area contributed by atoms with Crippen LogP contribution in [0.1, 0.15) is 24.8 Å².